The van der Waals surface area contributed by atoms with Gasteiger partial charge in [-0.05, 0) is 60.2 Å². The highest BCUT2D eigenvalue weighted by atomic mass is 16.7. The third kappa shape index (κ3) is 7.41. The topological polar surface area (TPSA) is 88.5 Å². The van der Waals surface area contributed by atoms with Crippen LogP contribution in [0, 0.1) is 5.92 Å². The molecule has 6 rings (SSSR count). The number of nitrogens with zero attached hydrogens (tertiary/aromatic N) is 3. The number of benzene rings is 3. The first-order valence-electron chi connectivity index (χ1n) is 16.9. The molecule has 3 heterocycles. The van der Waals surface area contributed by atoms with Crippen molar-refractivity contribution in [2.45, 2.75) is 57.5 Å². The minimum Gasteiger partial charge on any atom is -0.493 e. The molecule has 250 valence electrons. The van der Waals surface area contributed by atoms with Gasteiger partial charge in [-0.2, -0.15) is 0 Å². The fourth-order valence-corrected chi connectivity index (χ4v) is 7.46. The van der Waals surface area contributed by atoms with E-state index in [1.165, 1.54) is 5.56 Å². The van der Waals surface area contributed by atoms with Gasteiger partial charge in [-0.3, -0.25) is 14.5 Å². The number of likely N-dealkylation sites (tertiary alicyclic amines) is 1. The fraction of sp³-hybridized carbons (Fsp3) is 0.474. The van der Waals surface area contributed by atoms with Gasteiger partial charge in [0, 0.05) is 42.7 Å². The summed E-state index contributed by atoms with van der Waals surface area (Å²) in [6.45, 7) is 5.06. The normalized spacial score (nSPS) is 20.2. The van der Waals surface area contributed by atoms with E-state index in [0.717, 1.165) is 64.2 Å². The molecule has 3 aromatic carbocycles. The van der Waals surface area contributed by atoms with Crippen LogP contribution in [-0.2, 0) is 29.0 Å². The number of amides is 1. The van der Waals surface area contributed by atoms with Gasteiger partial charge < -0.3 is 28.7 Å². The summed E-state index contributed by atoms with van der Waals surface area (Å²) in [4.78, 5) is 31.5. The average Bonchev–Trinajstić information content (AvgIpc) is 3.78. The molecule has 1 fully saturated rings. The van der Waals surface area contributed by atoms with Crippen molar-refractivity contribution in [3.8, 4) is 17.2 Å². The summed E-state index contributed by atoms with van der Waals surface area (Å²) in [6.07, 6.45) is 3.85. The van der Waals surface area contributed by atoms with E-state index in [-0.39, 0.29) is 31.2 Å². The standard InChI is InChI=1S/C38H47N3O6/c1-5-6-18-40(30-11-7-9-26(20-30)24-41(2,3)4)35(42)23-39-22-31(28-14-16-33-29(21-28)17-19-45-33)36(38(43)44)32(39)15-13-27-10-8-12-34-37(27)47-25-46-34/h7-12,14,16,20-21,31-32,36H,5-6,13,15,17-19,22-25H2,1-4H3/p+1/t31-,32+,36-/m1/s1. The molecule has 3 aliphatic rings. The highest BCUT2D eigenvalue weighted by molar-refractivity contribution is 5.95. The predicted molar refractivity (Wildman–Crippen MR) is 181 cm³/mol. The van der Waals surface area contributed by atoms with E-state index in [9.17, 15) is 14.7 Å². The van der Waals surface area contributed by atoms with E-state index in [1.54, 1.807) is 0 Å². The molecule has 0 radical (unpaired) electrons. The number of anilines is 1. The zero-order valence-electron chi connectivity index (χ0n) is 28.1. The highest BCUT2D eigenvalue weighted by Gasteiger charge is 2.47. The van der Waals surface area contributed by atoms with Crippen molar-refractivity contribution < 1.29 is 33.4 Å². The molecule has 3 atom stereocenters. The van der Waals surface area contributed by atoms with Gasteiger partial charge in [-0.15, -0.1) is 0 Å². The number of fused-ring (bicyclic) bond motifs is 2. The number of carbonyl (C=O) groups excluding carboxylic acids is 1. The molecule has 3 aliphatic heterocycles. The zero-order chi connectivity index (χ0) is 33.1. The Bertz CT molecular complexity index is 1600. The van der Waals surface area contributed by atoms with E-state index in [2.05, 4.69) is 51.2 Å². The Morgan fingerprint density at radius 2 is 1.83 bits per heavy atom. The van der Waals surface area contributed by atoms with Gasteiger partial charge in [0.15, 0.2) is 11.5 Å². The lowest BCUT2D eigenvalue weighted by atomic mass is 9.83. The second kappa shape index (κ2) is 14.0. The second-order valence-electron chi connectivity index (χ2n) is 14.1. The molecule has 1 amide bonds. The summed E-state index contributed by atoms with van der Waals surface area (Å²) in [6, 6.07) is 19.9. The fourth-order valence-electron chi connectivity index (χ4n) is 7.46. The van der Waals surface area contributed by atoms with Crippen LogP contribution in [0.2, 0.25) is 0 Å². The van der Waals surface area contributed by atoms with Crippen LogP contribution >= 0.6 is 0 Å². The largest absolute Gasteiger partial charge is 0.493 e. The third-order valence-electron chi connectivity index (χ3n) is 9.62. The van der Waals surface area contributed by atoms with Crippen molar-refractivity contribution in [3.05, 3.63) is 82.9 Å². The summed E-state index contributed by atoms with van der Waals surface area (Å²) >= 11 is 0. The summed E-state index contributed by atoms with van der Waals surface area (Å²) in [5, 5.41) is 10.7. The third-order valence-corrected chi connectivity index (χ3v) is 9.62. The van der Waals surface area contributed by atoms with Crippen molar-refractivity contribution in [2.24, 2.45) is 5.92 Å². The van der Waals surface area contributed by atoms with Crippen LogP contribution in [0.5, 0.6) is 17.2 Å². The van der Waals surface area contributed by atoms with Crippen molar-refractivity contribution in [3.63, 3.8) is 0 Å². The van der Waals surface area contributed by atoms with E-state index in [4.69, 9.17) is 14.2 Å². The number of unbranched alkanes of at least 4 members (excludes halogenated alkanes) is 1. The molecule has 0 unspecified atom stereocenters. The van der Waals surface area contributed by atoms with Gasteiger partial charge in [-0.25, -0.2) is 0 Å². The van der Waals surface area contributed by atoms with Crippen LogP contribution in [0.25, 0.3) is 0 Å². The number of hydrogen-bond donors (Lipinski definition) is 1. The van der Waals surface area contributed by atoms with Crippen molar-refractivity contribution >= 4 is 17.6 Å². The van der Waals surface area contributed by atoms with Gasteiger partial charge in [-0.1, -0.05) is 49.7 Å². The first-order valence-corrected chi connectivity index (χ1v) is 16.9. The maximum atomic E-state index is 14.3. The van der Waals surface area contributed by atoms with Gasteiger partial charge >= 0.3 is 5.97 Å². The molecule has 9 heteroatoms. The molecular weight excluding hydrogens is 594 g/mol. The maximum absolute atomic E-state index is 14.3. The minimum absolute atomic E-state index is 0.00433. The number of carboxylic acids is 1. The van der Waals surface area contributed by atoms with Crippen molar-refractivity contribution in [1.82, 2.24) is 4.90 Å². The molecule has 0 aromatic heterocycles. The smallest absolute Gasteiger partial charge is 0.308 e. The van der Waals surface area contributed by atoms with Gasteiger partial charge in [0.05, 0.1) is 40.2 Å². The number of ether oxygens (including phenoxy) is 3. The molecule has 1 saturated heterocycles. The number of carbonyl (C=O) groups is 2. The molecule has 3 aromatic rings. The number of aryl methyl sites for hydroxylation is 1. The maximum Gasteiger partial charge on any atom is 0.308 e. The monoisotopic (exact) mass is 642 g/mol. The van der Waals surface area contributed by atoms with E-state index in [0.29, 0.717) is 38.3 Å². The van der Waals surface area contributed by atoms with Gasteiger partial charge in [0.2, 0.25) is 12.7 Å². The lowest BCUT2D eigenvalue weighted by molar-refractivity contribution is -0.884. The minimum atomic E-state index is -0.833. The van der Waals surface area contributed by atoms with Crippen molar-refractivity contribution in [2.75, 3.05) is 59.1 Å². The first kappa shape index (κ1) is 32.8. The van der Waals surface area contributed by atoms with Crippen LogP contribution in [0.4, 0.5) is 5.69 Å². The number of carboxylic acid groups (broad SMARTS) is 1. The van der Waals surface area contributed by atoms with Crippen LogP contribution in [-0.4, -0.2) is 86.6 Å². The molecule has 0 bridgehead atoms. The molecule has 47 heavy (non-hydrogen) atoms. The molecule has 0 saturated carbocycles. The lowest BCUT2D eigenvalue weighted by Crippen LogP contribution is -2.44. The van der Waals surface area contributed by atoms with Crippen LogP contribution in [0.15, 0.2) is 60.7 Å². The van der Waals surface area contributed by atoms with E-state index >= 15 is 0 Å². The molecule has 9 nitrogen and oxygen atoms in total. The Kier molecular flexibility index (Phi) is 9.75. The molecule has 0 aliphatic carbocycles. The Hall–Kier alpha value is -4.08. The van der Waals surface area contributed by atoms with E-state index < -0.39 is 11.9 Å². The Morgan fingerprint density at radius 3 is 2.62 bits per heavy atom. The van der Waals surface area contributed by atoms with Gasteiger partial charge in [0.1, 0.15) is 12.3 Å². The zero-order valence-corrected chi connectivity index (χ0v) is 28.1. The Labute approximate surface area is 278 Å². The average molecular weight is 643 g/mol. The molecule has 0 spiro atoms. The highest BCUT2D eigenvalue weighted by Crippen LogP contribution is 2.43. The number of quaternary nitrogens is 1. The van der Waals surface area contributed by atoms with Crippen molar-refractivity contribution in [1.29, 1.82) is 0 Å². The SMILES string of the molecule is CCCCN(C(=O)CN1C[C@H](c2ccc3c(c2)CCO3)[C@@H](C(=O)O)[C@@H]1CCc1cccc2c1OCO2)c1cccc(C[N+](C)(C)C)c1. The number of para-hydroxylation sites is 1. The number of hydrogen-bond acceptors (Lipinski definition) is 6. The Balaban J connectivity index is 1.30. The summed E-state index contributed by atoms with van der Waals surface area (Å²) in [5.74, 6) is 0.559. The number of rotatable bonds is 13. The predicted octanol–water partition coefficient (Wildman–Crippen LogP) is 5.49. The van der Waals surface area contributed by atoms with Crippen LogP contribution in [0.3, 0.4) is 0 Å². The molecular formula is C38H48N3O6+. The quantitative estimate of drug-likeness (QED) is 0.247. The Morgan fingerprint density at radius 1 is 1.00 bits per heavy atom. The van der Waals surface area contributed by atoms with E-state index in [1.807, 2.05) is 47.4 Å². The second-order valence-corrected chi connectivity index (χ2v) is 14.1. The van der Waals surface area contributed by atoms with Gasteiger partial charge in [0.25, 0.3) is 0 Å². The summed E-state index contributed by atoms with van der Waals surface area (Å²) < 4.78 is 17.9. The lowest BCUT2D eigenvalue weighted by Gasteiger charge is -2.30. The number of aliphatic carboxylic acids is 1. The first-order chi connectivity index (χ1) is 22.6. The summed E-state index contributed by atoms with van der Waals surface area (Å²) in [5.41, 5.74) is 5.18. The van der Waals surface area contributed by atoms with Crippen LogP contribution in [0.1, 0.15) is 54.4 Å². The molecule has 1 N–H and O–H groups in total. The van der Waals surface area contributed by atoms with Crippen LogP contribution < -0.4 is 19.1 Å². The summed E-state index contributed by atoms with van der Waals surface area (Å²) in [7, 11) is 6.48.